The Balaban J connectivity index is 0.880. The van der Waals surface area contributed by atoms with Crippen LogP contribution < -0.4 is 9.80 Å². The number of carbonyl (C=O) groups excluding carboxylic acids is 4. The third kappa shape index (κ3) is 10.0. The highest BCUT2D eigenvalue weighted by molar-refractivity contribution is 6.01. The number of amides is 2. The fourth-order valence-electron chi connectivity index (χ4n) is 10.6. The first-order valence-corrected chi connectivity index (χ1v) is 23.9. The molecule has 0 radical (unpaired) electrons. The summed E-state index contributed by atoms with van der Waals surface area (Å²) in [6.45, 7) is 11.3. The molecule has 2 fully saturated rings. The minimum Gasteiger partial charge on any atom is -0.451 e. The van der Waals surface area contributed by atoms with Crippen molar-refractivity contribution in [2.24, 2.45) is 0 Å². The molecule has 0 aliphatic carbocycles. The number of hydrogen-bond donors (Lipinski definition) is 0. The maximum Gasteiger partial charge on any atom is 0.331 e. The summed E-state index contributed by atoms with van der Waals surface area (Å²) >= 11 is 0. The molecule has 2 amide bonds. The Bertz CT molecular complexity index is 2180. The van der Waals surface area contributed by atoms with Gasteiger partial charge in [0, 0.05) is 141 Å². The SMILES string of the molecule is CCN1CC(CCN2CCC(OC(=O)/C=C/C(=O)OC3(c4ccccc4)CCN(CCC4CN(CC)C(=O)c5ccccc5N4C)CC3)(c3ccccc3)CC2)N(C)c2ccccc2C1=O. The molecule has 0 spiro atoms. The summed E-state index contributed by atoms with van der Waals surface area (Å²) < 4.78 is 12.7. The van der Waals surface area contributed by atoms with Crippen LogP contribution in [0.4, 0.5) is 11.4 Å². The van der Waals surface area contributed by atoms with E-state index in [2.05, 4.69) is 33.7 Å². The normalized spacial score (nSPS) is 21.2. The number of para-hydroxylation sites is 2. The Morgan fingerprint density at radius 1 is 0.545 bits per heavy atom. The zero-order valence-electron chi connectivity index (χ0n) is 39.1. The van der Waals surface area contributed by atoms with Gasteiger partial charge in [-0.15, -0.1) is 0 Å². The van der Waals surface area contributed by atoms with Crippen molar-refractivity contribution in [3.05, 3.63) is 144 Å². The molecule has 12 heteroatoms. The second-order valence-corrected chi connectivity index (χ2v) is 18.4. The van der Waals surface area contributed by atoms with Crippen LogP contribution in [0.2, 0.25) is 0 Å². The first-order chi connectivity index (χ1) is 32.0. The Morgan fingerprint density at radius 2 is 0.894 bits per heavy atom. The van der Waals surface area contributed by atoms with Gasteiger partial charge in [-0.3, -0.25) is 9.59 Å². The predicted octanol–water partition coefficient (Wildman–Crippen LogP) is 7.35. The van der Waals surface area contributed by atoms with Gasteiger partial charge in [-0.1, -0.05) is 84.9 Å². The number of esters is 2. The molecule has 348 valence electrons. The summed E-state index contributed by atoms with van der Waals surface area (Å²) in [5.41, 5.74) is 3.62. The van der Waals surface area contributed by atoms with Gasteiger partial charge in [0.25, 0.3) is 11.8 Å². The number of rotatable bonds is 14. The number of likely N-dealkylation sites (tertiary alicyclic amines) is 2. The van der Waals surface area contributed by atoms with E-state index in [-0.39, 0.29) is 23.9 Å². The molecule has 4 heterocycles. The molecule has 0 saturated carbocycles. The van der Waals surface area contributed by atoms with Gasteiger partial charge in [0.15, 0.2) is 0 Å². The lowest BCUT2D eigenvalue weighted by molar-refractivity contribution is -0.163. The van der Waals surface area contributed by atoms with E-state index >= 15 is 0 Å². The molecule has 0 bridgehead atoms. The van der Waals surface area contributed by atoms with Crippen LogP contribution in [0.3, 0.4) is 0 Å². The van der Waals surface area contributed by atoms with Crippen LogP contribution in [0.1, 0.15) is 84.2 Å². The second-order valence-electron chi connectivity index (χ2n) is 18.4. The van der Waals surface area contributed by atoms with Crippen LogP contribution >= 0.6 is 0 Å². The van der Waals surface area contributed by atoms with Crippen molar-refractivity contribution in [2.45, 2.75) is 75.7 Å². The third-order valence-electron chi connectivity index (χ3n) is 14.8. The van der Waals surface area contributed by atoms with Crippen LogP contribution in [0.15, 0.2) is 121 Å². The largest absolute Gasteiger partial charge is 0.451 e. The molecular weight excluding hydrogens is 829 g/mol. The summed E-state index contributed by atoms with van der Waals surface area (Å²) in [5, 5.41) is 0. The van der Waals surface area contributed by atoms with Gasteiger partial charge in [0.05, 0.1) is 11.1 Å². The molecule has 4 aromatic carbocycles. The zero-order valence-corrected chi connectivity index (χ0v) is 39.1. The van der Waals surface area contributed by atoms with E-state index in [4.69, 9.17) is 9.47 Å². The molecule has 0 aromatic heterocycles. The maximum absolute atomic E-state index is 13.7. The van der Waals surface area contributed by atoms with Crippen molar-refractivity contribution < 1.29 is 28.7 Å². The molecule has 4 aliphatic rings. The van der Waals surface area contributed by atoms with E-state index in [1.807, 2.05) is 133 Å². The van der Waals surface area contributed by atoms with Crippen molar-refractivity contribution in [3.8, 4) is 0 Å². The van der Waals surface area contributed by atoms with E-state index < -0.39 is 23.1 Å². The summed E-state index contributed by atoms with van der Waals surface area (Å²) in [5.74, 6) is -0.999. The summed E-state index contributed by atoms with van der Waals surface area (Å²) in [7, 11) is 4.18. The number of fused-ring (bicyclic) bond motifs is 2. The first kappa shape index (κ1) is 46.5. The highest BCUT2D eigenvalue weighted by atomic mass is 16.6. The van der Waals surface area contributed by atoms with Gasteiger partial charge in [0.2, 0.25) is 0 Å². The van der Waals surface area contributed by atoms with E-state index in [1.165, 1.54) is 12.2 Å². The minimum absolute atomic E-state index is 0.0791. The number of ether oxygens (including phenoxy) is 2. The molecule has 66 heavy (non-hydrogen) atoms. The highest BCUT2D eigenvalue weighted by Gasteiger charge is 2.42. The number of piperidine rings is 2. The van der Waals surface area contributed by atoms with Crippen molar-refractivity contribution >= 4 is 35.1 Å². The molecule has 4 aromatic rings. The number of benzene rings is 4. The molecule has 12 nitrogen and oxygen atoms in total. The van der Waals surface area contributed by atoms with Crippen LogP contribution in [0.25, 0.3) is 0 Å². The van der Waals surface area contributed by atoms with Crippen LogP contribution in [0.5, 0.6) is 0 Å². The maximum atomic E-state index is 13.7. The van der Waals surface area contributed by atoms with Gasteiger partial charge in [-0.25, -0.2) is 9.59 Å². The van der Waals surface area contributed by atoms with Crippen LogP contribution in [0, 0.1) is 0 Å². The van der Waals surface area contributed by atoms with E-state index in [0.717, 1.165) is 85.7 Å². The average Bonchev–Trinajstić information content (AvgIpc) is 3.53. The highest BCUT2D eigenvalue weighted by Crippen LogP contribution is 2.39. The van der Waals surface area contributed by atoms with Gasteiger partial charge < -0.3 is 38.9 Å². The predicted molar refractivity (Wildman–Crippen MR) is 259 cm³/mol. The van der Waals surface area contributed by atoms with Gasteiger partial charge in [0.1, 0.15) is 11.2 Å². The van der Waals surface area contributed by atoms with Crippen LogP contribution in [-0.4, -0.2) is 135 Å². The standard InChI is InChI=1S/C54H66N6O6/c1-5-59-39-43(55(3)47-23-15-13-21-45(47)51(59)63)27-33-57-35-29-53(30-36-57,41-17-9-7-10-18-41)65-49(61)25-26-50(62)66-54(42-19-11-8-12-20-42)31-37-58(38-32-54)34-28-44-40-60(6-2)52(64)46-22-14-16-24-48(46)56(44)4/h7-26,43-44H,5-6,27-40H2,1-4H3/b26-25+. The lowest BCUT2D eigenvalue weighted by Gasteiger charge is -2.42. The topological polar surface area (TPSA) is 106 Å². The summed E-state index contributed by atoms with van der Waals surface area (Å²) in [6.07, 6.45) is 6.64. The number of likely N-dealkylation sites (N-methyl/N-ethyl adjacent to an activating group) is 4. The zero-order chi connectivity index (χ0) is 46.3. The quantitative estimate of drug-likeness (QED) is 0.0943. The fraction of sp³-hybridized carbons (Fsp3) is 0.444. The lowest BCUT2D eigenvalue weighted by Crippen LogP contribution is -2.47. The summed E-state index contributed by atoms with van der Waals surface area (Å²) in [6, 6.07) is 35.9. The number of carbonyl (C=O) groups is 4. The van der Waals surface area contributed by atoms with Gasteiger partial charge >= 0.3 is 11.9 Å². The monoisotopic (exact) mass is 895 g/mol. The fourth-order valence-corrected chi connectivity index (χ4v) is 10.6. The van der Waals surface area contributed by atoms with Crippen molar-refractivity contribution in [2.75, 3.05) is 89.3 Å². The van der Waals surface area contributed by atoms with E-state index in [9.17, 15) is 19.2 Å². The Kier molecular flexibility index (Phi) is 14.6. The Hall–Kier alpha value is -5.98. The third-order valence-corrected chi connectivity index (χ3v) is 14.8. The molecule has 2 unspecified atom stereocenters. The molecule has 4 aliphatic heterocycles. The Morgan fingerprint density at radius 3 is 1.26 bits per heavy atom. The first-order valence-electron chi connectivity index (χ1n) is 23.9. The average molecular weight is 895 g/mol. The molecular formula is C54H66N6O6. The summed E-state index contributed by atoms with van der Waals surface area (Å²) in [4.78, 5) is 67.4. The molecule has 2 saturated heterocycles. The van der Waals surface area contributed by atoms with Gasteiger partial charge in [-0.2, -0.15) is 0 Å². The Labute approximate surface area is 390 Å². The minimum atomic E-state index is -0.843. The van der Waals surface area contributed by atoms with E-state index in [1.54, 1.807) is 0 Å². The second kappa shape index (κ2) is 20.7. The molecule has 8 rings (SSSR count). The van der Waals surface area contributed by atoms with E-state index in [0.29, 0.717) is 51.9 Å². The number of nitrogens with zero attached hydrogens (tertiary/aromatic N) is 6. The smallest absolute Gasteiger partial charge is 0.331 e. The lowest BCUT2D eigenvalue weighted by atomic mass is 9.84. The molecule has 2 atom stereocenters. The van der Waals surface area contributed by atoms with Crippen molar-refractivity contribution in [3.63, 3.8) is 0 Å². The van der Waals surface area contributed by atoms with Crippen molar-refractivity contribution in [1.29, 1.82) is 0 Å². The number of hydrogen-bond acceptors (Lipinski definition) is 10. The van der Waals surface area contributed by atoms with Crippen LogP contribution in [-0.2, 0) is 30.3 Å². The molecule has 0 N–H and O–H groups in total. The van der Waals surface area contributed by atoms with Crippen molar-refractivity contribution in [1.82, 2.24) is 19.6 Å². The van der Waals surface area contributed by atoms with Gasteiger partial charge in [-0.05, 0) is 62.1 Å². The number of anilines is 2.